The van der Waals surface area contributed by atoms with Gasteiger partial charge in [-0.2, -0.15) is 0 Å². The lowest BCUT2D eigenvalue weighted by atomic mass is 9.99. The zero-order chi connectivity index (χ0) is 18.6. The van der Waals surface area contributed by atoms with Crippen molar-refractivity contribution in [1.29, 1.82) is 0 Å². The van der Waals surface area contributed by atoms with E-state index in [1.165, 1.54) is 13.0 Å². The van der Waals surface area contributed by atoms with Gasteiger partial charge in [0, 0.05) is 11.3 Å². The van der Waals surface area contributed by atoms with E-state index in [-0.39, 0.29) is 16.9 Å². The summed E-state index contributed by atoms with van der Waals surface area (Å²) in [4.78, 5) is 26.6. The van der Waals surface area contributed by atoms with Gasteiger partial charge in [-0.15, -0.1) is 0 Å². The standard InChI is InChI=1S/C19H22N2O4/c1-12-10-15(18(23)16(25-12)11-21(3)4)17(13(2)22)19(24)20-14-8-6-5-7-9-14/h5-10,23H,11H2,1-4H3,(H,20,24)/b17-15-. The van der Waals surface area contributed by atoms with E-state index in [4.69, 9.17) is 4.74 Å². The highest BCUT2D eigenvalue weighted by molar-refractivity contribution is 6.24. The number of para-hydroxylation sites is 1. The van der Waals surface area contributed by atoms with Gasteiger partial charge in [-0.25, -0.2) is 0 Å². The molecule has 0 radical (unpaired) electrons. The second-order valence-corrected chi connectivity index (χ2v) is 6.03. The fourth-order valence-corrected chi connectivity index (χ4v) is 2.47. The normalized spacial score (nSPS) is 16.3. The van der Waals surface area contributed by atoms with E-state index in [2.05, 4.69) is 5.32 Å². The summed E-state index contributed by atoms with van der Waals surface area (Å²) in [5, 5.41) is 13.2. The number of carbonyl (C=O) groups is 2. The van der Waals surface area contributed by atoms with Gasteiger partial charge in [0.25, 0.3) is 5.91 Å². The van der Waals surface area contributed by atoms with Crippen molar-refractivity contribution in [3.63, 3.8) is 0 Å². The van der Waals surface area contributed by atoms with Crippen molar-refractivity contribution in [1.82, 2.24) is 4.90 Å². The monoisotopic (exact) mass is 342 g/mol. The van der Waals surface area contributed by atoms with Crippen molar-refractivity contribution < 1.29 is 19.4 Å². The zero-order valence-electron chi connectivity index (χ0n) is 14.8. The van der Waals surface area contributed by atoms with E-state index < -0.39 is 11.7 Å². The van der Waals surface area contributed by atoms with E-state index in [1.807, 2.05) is 25.1 Å². The summed E-state index contributed by atoms with van der Waals surface area (Å²) in [5.41, 5.74) is 0.624. The van der Waals surface area contributed by atoms with Gasteiger partial charge in [-0.05, 0) is 46.2 Å². The molecular weight excluding hydrogens is 320 g/mol. The van der Waals surface area contributed by atoms with E-state index in [1.54, 1.807) is 31.2 Å². The summed E-state index contributed by atoms with van der Waals surface area (Å²) in [5.74, 6) is -0.421. The molecule has 25 heavy (non-hydrogen) atoms. The lowest BCUT2D eigenvalue weighted by molar-refractivity contribution is -0.119. The molecule has 0 spiro atoms. The van der Waals surface area contributed by atoms with Crippen LogP contribution in [0.4, 0.5) is 5.69 Å². The molecule has 1 amide bonds. The molecule has 0 aliphatic carbocycles. The molecule has 1 aliphatic rings. The van der Waals surface area contributed by atoms with Gasteiger partial charge in [0.05, 0.1) is 12.1 Å². The lowest BCUT2D eigenvalue weighted by Gasteiger charge is -2.22. The van der Waals surface area contributed by atoms with Crippen LogP contribution in [0.2, 0.25) is 0 Å². The Morgan fingerprint density at radius 3 is 2.40 bits per heavy atom. The number of likely N-dealkylation sites (N-methyl/N-ethyl adjacent to an activating group) is 1. The van der Waals surface area contributed by atoms with Crippen LogP contribution in [-0.4, -0.2) is 42.3 Å². The molecule has 0 aromatic heterocycles. The Bertz CT molecular complexity index is 774. The predicted octanol–water partition coefficient (Wildman–Crippen LogP) is 2.78. The van der Waals surface area contributed by atoms with Crippen molar-refractivity contribution >= 4 is 17.4 Å². The average molecular weight is 342 g/mol. The number of nitrogens with one attached hydrogen (secondary N) is 1. The number of nitrogens with zero attached hydrogens (tertiary/aromatic N) is 1. The summed E-state index contributed by atoms with van der Waals surface area (Å²) in [7, 11) is 3.66. The van der Waals surface area contributed by atoms with E-state index in [0.29, 0.717) is 23.8 Å². The minimum absolute atomic E-state index is 0.111. The Morgan fingerprint density at radius 1 is 1.20 bits per heavy atom. The van der Waals surface area contributed by atoms with Crippen molar-refractivity contribution in [2.75, 3.05) is 26.0 Å². The molecule has 0 atom stereocenters. The highest BCUT2D eigenvalue weighted by Gasteiger charge is 2.27. The van der Waals surface area contributed by atoms with Crippen LogP contribution in [0.15, 0.2) is 64.8 Å². The molecule has 2 rings (SSSR count). The smallest absolute Gasteiger partial charge is 0.260 e. The predicted molar refractivity (Wildman–Crippen MR) is 95.8 cm³/mol. The zero-order valence-corrected chi connectivity index (χ0v) is 14.8. The van der Waals surface area contributed by atoms with Crippen LogP contribution in [0.5, 0.6) is 0 Å². The molecule has 0 saturated carbocycles. The minimum atomic E-state index is -0.574. The number of amides is 1. The maximum absolute atomic E-state index is 12.6. The third-order valence-electron chi connectivity index (χ3n) is 3.49. The van der Waals surface area contributed by atoms with Crippen molar-refractivity contribution in [2.24, 2.45) is 0 Å². The molecule has 1 aromatic carbocycles. The minimum Gasteiger partial charge on any atom is -0.504 e. The van der Waals surface area contributed by atoms with Gasteiger partial charge in [0.15, 0.2) is 17.3 Å². The van der Waals surface area contributed by atoms with Crippen LogP contribution in [0, 0.1) is 0 Å². The quantitative estimate of drug-likeness (QED) is 0.489. The average Bonchev–Trinajstić information content (AvgIpc) is 2.52. The molecule has 1 heterocycles. The molecule has 6 heteroatoms. The van der Waals surface area contributed by atoms with Gasteiger partial charge < -0.3 is 20.1 Å². The summed E-state index contributed by atoms with van der Waals surface area (Å²) in [6, 6.07) is 8.83. The highest BCUT2D eigenvalue weighted by atomic mass is 16.5. The number of Topliss-reactive ketones (excluding diaryl/α,β-unsaturated/α-hetero) is 1. The van der Waals surface area contributed by atoms with Crippen LogP contribution in [0.25, 0.3) is 0 Å². The summed E-state index contributed by atoms with van der Waals surface area (Å²) in [6.45, 7) is 3.34. The third-order valence-corrected chi connectivity index (χ3v) is 3.49. The number of allylic oxidation sites excluding steroid dienone is 2. The summed E-state index contributed by atoms with van der Waals surface area (Å²) >= 11 is 0. The Morgan fingerprint density at radius 2 is 1.84 bits per heavy atom. The molecule has 6 nitrogen and oxygen atoms in total. The van der Waals surface area contributed by atoms with Crippen LogP contribution in [0.1, 0.15) is 13.8 Å². The van der Waals surface area contributed by atoms with Crippen LogP contribution < -0.4 is 5.32 Å². The third kappa shape index (κ3) is 4.58. The molecule has 0 unspecified atom stereocenters. The first-order valence-corrected chi connectivity index (χ1v) is 7.84. The van der Waals surface area contributed by atoms with Crippen molar-refractivity contribution in [3.05, 3.63) is 64.8 Å². The second-order valence-electron chi connectivity index (χ2n) is 6.03. The maximum atomic E-state index is 12.6. The van der Waals surface area contributed by atoms with Crippen molar-refractivity contribution in [2.45, 2.75) is 13.8 Å². The van der Waals surface area contributed by atoms with Crippen LogP contribution in [0.3, 0.4) is 0 Å². The van der Waals surface area contributed by atoms with Gasteiger partial charge in [-0.1, -0.05) is 18.2 Å². The first-order valence-electron chi connectivity index (χ1n) is 7.84. The summed E-state index contributed by atoms with van der Waals surface area (Å²) in [6.07, 6.45) is 1.50. The second kappa shape index (κ2) is 7.81. The van der Waals surface area contributed by atoms with Crippen molar-refractivity contribution in [3.8, 4) is 0 Å². The SMILES string of the molecule is CC(=O)/C(C(=O)Nc1ccccc1)=C1\C=C(C)OC(CN(C)C)=C1O. The molecule has 0 saturated heterocycles. The number of rotatable bonds is 5. The number of carbonyl (C=O) groups excluding carboxylic acids is 2. The fourth-order valence-electron chi connectivity index (χ4n) is 2.47. The number of ketones is 1. The van der Waals surface area contributed by atoms with E-state index >= 15 is 0 Å². The number of benzene rings is 1. The number of hydrogen-bond acceptors (Lipinski definition) is 5. The molecule has 2 N–H and O–H groups in total. The summed E-state index contributed by atoms with van der Waals surface area (Å²) < 4.78 is 5.54. The number of aliphatic hydroxyl groups excluding tert-OH is 1. The Labute approximate surface area is 147 Å². The van der Waals surface area contributed by atoms with Crippen LogP contribution >= 0.6 is 0 Å². The van der Waals surface area contributed by atoms with Gasteiger partial charge >= 0.3 is 0 Å². The fraction of sp³-hybridized carbons (Fsp3) is 0.263. The van der Waals surface area contributed by atoms with Crippen LogP contribution in [-0.2, 0) is 14.3 Å². The lowest BCUT2D eigenvalue weighted by Crippen LogP contribution is -2.24. The number of hydrogen-bond donors (Lipinski definition) is 2. The highest BCUT2D eigenvalue weighted by Crippen LogP contribution is 2.28. The van der Waals surface area contributed by atoms with Gasteiger partial charge in [0.2, 0.25) is 0 Å². The maximum Gasteiger partial charge on any atom is 0.260 e. The first-order chi connectivity index (χ1) is 11.8. The van der Waals surface area contributed by atoms with E-state index in [0.717, 1.165) is 0 Å². The first kappa shape index (κ1) is 18.5. The molecule has 0 fully saturated rings. The molecular formula is C19H22N2O4. The number of aliphatic hydroxyl groups is 1. The molecule has 132 valence electrons. The molecule has 0 bridgehead atoms. The van der Waals surface area contributed by atoms with Gasteiger partial charge in [-0.3, -0.25) is 9.59 Å². The number of anilines is 1. The number of ether oxygens (including phenoxy) is 1. The largest absolute Gasteiger partial charge is 0.504 e. The molecule has 1 aromatic rings. The Hall–Kier alpha value is -2.86. The Balaban J connectivity index is 2.48. The van der Waals surface area contributed by atoms with Gasteiger partial charge in [0.1, 0.15) is 5.76 Å². The van der Waals surface area contributed by atoms with E-state index in [9.17, 15) is 14.7 Å². The topological polar surface area (TPSA) is 78.9 Å². The molecule has 1 aliphatic heterocycles. The Kier molecular flexibility index (Phi) is 5.77.